The fourth-order valence-electron chi connectivity index (χ4n) is 2.10. The van der Waals surface area contributed by atoms with E-state index in [2.05, 4.69) is 10.3 Å². The molecule has 7 nitrogen and oxygen atoms in total. The smallest absolute Gasteiger partial charge is 0.262 e. The minimum Gasteiger partial charge on any atom is -0.395 e. The predicted octanol–water partition coefficient (Wildman–Crippen LogP) is -0.812. The monoisotopic (exact) mass is 292 g/mol. The van der Waals surface area contributed by atoms with Crippen molar-refractivity contribution in [3.8, 4) is 0 Å². The Morgan fingerprint density at radius 3 is 2.62 bits per heavy atom. The van der Waals surface area contributed by atoms with Crippen LogP contribution in [0.4, 0.5) is 0 Å². The van der Waals surface area contributed by atoms with Gasteiger partial charge in [-0.2, -0.15) is 0 Å². The van der Waals surface area contributed by atoms with E-state index < -0.39 is 0 Å². The third-order valence-corrected chi connectivity index (χ3v) is 3.18. The Hall–Kier alpha value is -1.80. The van der Waals surface area contributed by atoms with Crippen LogP contribution in [0.5, 0.6) is 0 Å². The summed E-state index contributed by atoms with van der Waals surface area (Å²) in [6.45, 7) is 1.79. The van der Waals surface area contributed by atoms with Crippen LogP contribution in [0.3, 0.4) is 0 Å². The molecule has 0 fully saturated rings. The van der Waals surface area contributed by atoms with E-state index in [9.17, 15) is 4.79 Å². The molecule has 1 aromatic carbocycles. The number of para-hydroxylation sites is 1. The Bertz CT molecular complexity index is 623. The normalized spacial score (nSPS) is 11.4. The number of aliphatic hydroxyl groups is 2. The van der Waals surface area contributed by atoms with Gasteiger partial charge in [-0.1, -0.05) is 12.1 Å². The molecular weight excluding hydrogens is 272 g/mol. The second-order valence-corrected chi connectivity index (χ2v) is 4.67. The Labute approximate surface area is 122 Å². The largest absolute Gasteiger partial charge is 0.395 e. The molecule has 1 aromatic heterocycles. The Morgan fingerprint density at radius 1 is 1.19 bits per heavy atom. The summed E-state index contributed by atoms with van der Waals surface area (Å²) in [7, 11) is 0. The molecule has 2 rings (SSSR count). The van der Waals surface area contributed by atoms with Crippen molar-refractivity contribution in [3.05, 3.63) is 40.9 Å². The van der Waals surface area contributed by atoms with E-state index in [1.165, 1.54) is 10.9 Å². The van der Waals surface area contributed by atoms with Gasteiger partial charge in [0.25, 0.3) is 5.56 Å². The second kappa shape index (κ2) is 7.84. The molecule has 0 atom stereocenters. The molecule has 114 valence electrons. The van der Waals surface area contributed by atoms with Crippen molar-refractivity contribution >= 4 is 10.9 Å². The lowest BCUT2D eigenvalue weighted by Crippen LogP contribution is -2.40. The zero-order valence-electron chi connectivity index (χ0n) is 11.8. The molecule has 3 N–H and O–H groups in total. The van der Waals surface area contributed by atoms with Gasteiger partial charge in [0.1, 0.15) is 0 Å². The summed E-state index contributed by atoms with van der Waals surface area (Å²) in [6, 6.07) is 7.22. The molecule has 0 saturated heterocycles. The lowest BCUT2D eigenvalue weighted by Gasteiger charge is -2.20. The zero-order valence-corrected chi connectivity index (χ0v) is 11.8. The first-order chi connectivity index (χ1) is 10.3. The summed E-state index contributed by atoms with van der Waals surface area (Å²) < 4.78 is 1.50. The van der Waals surface area contributed by atoms with Crippen molar-refractivity contribution in [1.82, 2.24) is 19.8 Å². The minimum absolute atomic E-state index is 0.0269. The van der Waals surface area contributed by atoms with Gasteiger partial charge in [0.05, 0.1) is 37.1 Å². The average Bonchev–Trinajstić information content (AvgIpc) is 2.50. The summed E-state index contributed by atoms with van der Waals surface area (Å²) in [5.74, 6) is 0. The van der Waals surface area contributed by atoms with Gasteiger partial charge >= 0.3 is 0 Å². The summed E-state index contributed by atoms with van der Waals surface area (Å²) >= 11 is 0. The molecule has 1 heterocycles. The Morgan fingerprint density at radius 2 is 1.90 bits per heavy atom. The minimum atomic E-state index is -0.0935. The van der Waals surface area contributed by atoms with Gasteiger partial charge in [-0.25, -0.2) is 4.98 Å². The van der Waals surface area contributed by atoms with Crippen LogP contribution in [0.25, 0.3) is 10.9 Å². The van der Waals surface area contributed by atoms with Crippen molar-refractivity contribution in [2.75, 3.05) is 33.0 Å². The van der Waals surface area contributed by atoms with Gasteiger partial charge in [-0.3, -0.25) is 19.6 Å². The molecule has 7 heteroatoms. The highest BCUT2D eigenvalue weighted by Gasteiger charge is 2.05. The highest BCUT2D eigenvalue weighted by molar-refractivity contribution is 5.76. The molecule has 0 aliphatic heterocycles. The Kier molecular flexibility index (Phi) is 5.82. The SMILES string of the molecule is O=c1c2ccccc2ncn1CNCN(CCO)CCO. The molecule has 21 heavy (non-hydrogen) atoms. The van der Waals surface area contributed by atoms with E-state index in [0.717, 1.165) is 0 Å². The van der Waals surface area contributed by atoms with Crippen molar-refractivity contribution in [1.29, 1.82) is 0 Å². The molecule has 0 bridgehead atoms. The van der Waals surface area contributed by atoms with Crippen molar-refractivity contribution in [3.63, 3.8) is 0 Å². The van der Waals surface area contributed by atoms with Crippen molar-refractivity contribution in [2.24, 2.45) is 0 Å². The van der Waals surface area contributed by atoms with E-state index >= 15 is 0 Å². The first-order valence-corrected chi connectivity index (χ1v) is 6.85. The third kappa shape index (κ3) is 4.08. The molecule has 0 spiro atoms. The number of benzene rings is 1. The maximum Gasteiger partial charge on any atom is 0.262 e. The molecular formula is C14H20N4O3. The topological polar surface area (TPSA) is 90.6 Å². The molecule has 0 aliphatic carbocycles. The number of aromatic nitrogens is 2. The first-order valence-electron chi connectivity index (χ1n) is 6.85. The van der Waals surface area contributed by atoms with E-state index in [1.807, 2.05) is 17.0 Å². The van der Waals surface area contributed by atoms with Crippen LogP contribution in [-0.4, -0.2) is 57.6 Å². The third-order valence-electron chi connectivity index (χ3n) is 3.18. The fraction of sp³-hybridized carbons (Fsp3) is 0.429. The number of nitrogens with one attached hydrogen (secondary N) is 1. The average molecular weight is 292 g/mol. The molecule has 0 radical (unpaired) electrons. The van der Waals surface area contributed by atoms with Gasteiger partial charge in [0.2, 0.25) is 0 Å². The number of aliphatic hydroxyl groups excluding tert-OH is 2. The van der Waals surface area contributed by atoms with Gasteiger partial charge in [-0.05, 0) is 12.1 Å². The summed E-state index contributed by atoms with van der Waals surface area (Å²) in [4.78, 5) is 18.3. The first kappa shape index (κ1) is 15.6. The molecule has 0 saturated carbocycles. The maximum absolute atomic E-state index is 12.2. The van der Waals surface area contributed by atoms with Crippen LogP contribution >= 0.6 is 0 Å². The van der Waals surface area contributed by atoms with E-state index in [0.29, 0.717) is 37.3 Å². The van der Waals surface area contributed by atoms with Crippen LogP contribution in [0.1, 0.15) is 0 Å². The van der Waals surface area contributed by atoms with Gasteiger partial charge in [0.15, 0.2) is 0 Å². The quantitative estimate of drug-likeness (QED) is 0.551. The van der Waals surface area contributed by atoms with E-state index in [-0.39, 0.29) is 18.8 Å². The van der Waals surface area contributed by atoms with E-state index in [1.54, 1.807) is 12.1 Å². The number of hydrogen-bond donors (Lipinski definition) is 3. The van der Waals surface area contributed by atoms with Gasteiger partial charge < -0.3 is 10.2 Å². The van der Waals surface area contributed by atoms with Crippen molar-refractivity contribution < 1.29 is 10.2 Å². The van der Waals surface area contributed by atoms with Crippen LogP contribution < -0.4 is 10.9 Å². The lowest BCUT2D eigenvalue weighted by molar-refractivity contribution is 0.149. The molecule has 0 aliphatic rings. The zero-order chi connectivity index (χ0) is 15.1. The molecule has 0 amide bonds. The predicted molar refractivity (Wildman–Crippen MR) is 79.8 cm³/mol. The van der Waals surface area contributed by atoms with Crippen LogP contribution in [0.15, 0.2) is 35.4 Å². The number of nitrogens with zero attached hydrogens (tertiary/aromatic N) is 3. The maximum atomic E-state index is 12.2. The fourth-order valence-corrected chi connectivity index (χ4v) is 2.10. The molecule has 0 unspecified atom stereocenters. The number of fused-ring (bicyclic) bond motifs is 1. The molecule has 2 aromatic rings. The second-order valence-electron chi connectivity index (χ2n) is 4.67. The van der Waals surface area contributed by atoms with Crippen LogP contribution in [0, 0.1) is 0 Å². The standard InChI is InChI=1S/C14H20N4O3/c19-7-5-17(6-8-20)9-15-10-18-11-16-13-4-2-1-3-12(13)14(18)21/h1-4,11,15,19-20H,5-10H2. The van der Waals surface area contributed by atoms with E-state index in [4.69, 9.17) is 10.2 Å². The van der Waals surface area contributed by atoms with Gasteiger partial charge in [0, 0.05) is 19.8 Å². The van der Waals surface area contributed by atoms with Gasteiger partial charge in [-0.15, -0.1) is 0 Å². The number of hydrogen-bond acceptors (Lipinski definition) is 6. The van der Waals surface area contributed by atoms with Crippen LogP contribution in [0.2, 0.25) is 0 Å². The lowest BCUT2D eigenvalue weighted by atomic mass is 10.2. The highest BCUT2D eigenvalue weighted by Crippen LogP contribution is 2.04. The van der Waals surface area contributed by atoms with Crippen LogP contribution in [-0.2, 0) is 6.67 Å². The summed E-state index contributed by atoms with van der Waals surface area (Å²) in [6.07, 6.45) is 1.51. The summed E-state index contributed by atoms with van der Waals surface area (Å²) in [5, 5.41) is 21.5. The summed E-state index contributed by atoms with van der Waals surface area (Å²) in [5.41, 5.74) is 0.588. The Balaban J connectivity index is 2.00. The van der Waals surface area contributed by atoms with Crippen molar-refractivity contribution in [2.45, 2.75) is 6.67 Å². The highest BCUT2D eigenvalue weighted by atomic mass is 16.3. The number of rotatable bonds is 8.